The van der Waals surface area contributed by atoms with E-state index in [1.807, 2.05) is 25.1 Å². The van der Waals surface area contributed by atoms with E-state index in [9.17, 15) is 10.1 Å². The van der Waals surface area contributed by atoms with E-state index in [1.165, 1.54) is 12.7 Å². The fraction of sp³-hybridized carbons (Fsp3) is 0.611. The molecule has 0 spiro atoms. The summed E-state index contributed by atoms with van der Waals surface area (Å²) in [5, 5.41) is 9.36. The lowest BCUT2D eigenvalue weighted by molar-refractivity contribution is -0.291. The zero-order valence-corrected chi connectivity index (χ0v) is 13.5. The predicted octanol–water partition coefficient (Wildman–Crippen LogP) is 3.86. The van der Waals surface area contributed by atoms with Crippen molar-refractivity contribution in [2.24, 2.45) is 11.3 Å². The Kier molecular flexibility index (Phi) is 3.77. The molecule has 1 N–H and O–H groups in total. The van der Waals surface area contributed by atoms with E-state index < -0.39 is 5.41 Å². The van der Waals surface area contributed by atoms with Crippen LogP contribution < -0.4 is 0 Å². The molecule has 0 heterocycles. The molecule has 4 heteroatoms. The number of hydrogen-bond acceptors (Lipinski definition) is 4. The van der Waals surface area contributed by atoms with E-state index in [4.69, 9.17) is 9.62 Å². The summed E-state index contributed by atoms with van der Waals surface area (Å²) in [6, 6.07) is 8.11. The first-order chi connectivity index (χ1) is 10.5. The highest BCUT2D eigenvalue weighted by Gasteiger charge is 2.57. The van der Waals surface area contributed by atoms with Crippen LogP contribution in [0.4, 0.5) is 0 Å². The van der Waals surface area contributed by atoms with Crippen LogP contribution >= 0.6 is 0 Å². The monoisotopic (exact) mass is 304 g/mol. The van der Waals surface area contributed by atoms with Gasteiger partial charge in [0.25, 0.3) is 0 Å². The third-order valence-electron chi connectivity index (χ3n) is 6.08. The van der Waals surface area contributed by atoms with Gasteiger partial charge < -0.3 is 4.74 Å². The summed E-state index contributed by atoms with van der Waals surface area (Å²) in [6.45, 7) is 4.24. The summed E-state index contributed by atoms with van der Waals surface area (Å²) in [7, 11) is 1.45. The first kappa shape index (κ1) is 15.5. The fourth-order valence-electron chi connectivity index (χ4n) is 4.93. The quantitative estimate of drug-likeness (QED) is 0.512. The minimum absolute atomic E-state index is 0.0905. The Labute approximate surface area is 131 Å². The largest absolute Gasteiger partial charge is 0.469 e. The van der Waals surface area contributed by atoms with Crippen LogP contribution in [0.5, 0.6) is 0 Å². The highest BCUT2D eigenvalue weighted by Crippen LogP contribution is 2.59. The van der Waals surface area contributed by atoms with Crippen LogP contribution in [-0.2, 0) is 19.8 Å². The number of rotatable bonds is 2. The molecule has 22 heavy (non-hydrogen) atoms. The van der Waals surface area contributed by atoms with E-state index >= 15 is 0 Å². The number of methoxy groups -OCH3 is 1. The first-order valence-corrected chi connectivity index (χ1v) is 7.95. The van der Waals surface area contributed by atoms with Crippen molar-refractivity contribution in [2.75, 3.05) is 7.11 Å². The smallest absolute Gasteiger partial charge is 0.311 e. The lowest BCUT2D eigenvalue weighted by Gasteiger charge is -2.54. The minimum Gasteiger partial charge on any atom is -0.469 e. The molecule has 3 rings (SSSR count). The number of benzene rings is 1. The SMILES string of the molecule is COC(=O)[C@@]1(C)CCC[C@]2(C)c3ccccc3[C@@H](OO)C[C@@H]12. The van der Waals surface area contributed by atoms with Crippen LogP contribution in [0, 0.1) is 11.3 Å². The topological polar surface area (TPSA) is 55.8 Å². The highest BCUT2D eigenvalue weighted by molar-refractivity contribution is 5.77. The van der Waals surface area contributed by atoms with Crippen LogP contribution in [0.2, 0.25) is 0 Å². The van der Waals surface area contributed by atoms with Crippen molar-refractivity contribution >= 4 is 5.97 Å². The van der Waals surface area contributed by atoms with Gasteiger partial charge in [0.05, 0.1) is 12.5 Å². The first-order valence-electron chi connectivity index (χ1n) is 7.95. The van der Waals surface area contributed by atoms with Gasteiger partial charge in [0.1, 0.15) is 6.10 Å². The van der Waals surface area contributed by atoms with E-state index in [1.54, 1.807) is 0 Å². The van der Waals surface area contributed by atoms with Crippen molar-refractivity contribution in [3.8, 4) is 0 Å². The Morgan fingerprint density at radius 1 is 1.27 bits per heavy atom. The van der Waals surface area contributed by atoms with Crippen LogP contribution in [0.25, 0.3) is 0 Å². The Morgan fingerprint density at radius 2 is 2.00 bits per heavy atom. The average Bonchev–Trinajstić information content (AvgIpc) is 2.54. The van der Waals surface area contributed by atoms with Gasteiger partial charge in [-0.2, -0.15) is 0 Å². The van der Waals surface area contributed by atoms with Gasteiger partial charge in [0, 0.05) is 0 Å². The summed E-state index contributed by atoms with van der Waals surface area (Å²) in [6.07, 6.45) is 3.11. The van der Waals surface area contributed by atoms with Gasteiger partial charge in [-0.3, -0.25) is 10.1 Å². The maximum atomic E-state index is 12.5. The molecule has 0 bridgehead atoms. The second-order valence-corrected chi connectivity index (χ2v) is 7.15. The number of carbonyl (C=O) groups is 1. The predicted molar refractivity (Wildman–Crippen MR) is 82.3 cm³/mol. The van der Waals surface area contributed by atoms with Gasteiger partial charge in [-0.05, 0) is 48.6 Å². The zero-order chi connectivity index (χ0) is 16.0. The lowest BCUT2D eigenvalue weighted by atomic mass is 9.49. The zero-order valence-electron chi connectivity index (χ0n) is 13.5. The van der Waals surface area contributed by atoms with Crippen molar-refractivity contribution in [3.05, 3.63) is 35.4 Å². The molecule has 1 saturated carbocycles. The number of carbonyl (C=O) groups excluding carboxylic acids is 1. The van der Waals surface area contributed by atoms with Crippen LogP contribution in [0.3, 0.4) is 0 Å². The molecule has 0 radical (unpaired) electrons. The third kappa shape index (κ3) is 2.01. The molecule has 4 atom stereocenters. The van der Waals surface area contributed by atoms with Crippen molar-refractivity contribution < 1.29 is 19.7 Å². The van der Waals surface area contributed by atoms with Gasteiger partial charge in [-0.15, -0.1) is 0 Å². The molecular weight excluding hydrogens is 280 g/mol. The lowest BCUT2D eigenvalue weighted by Crippen LogP contribution is -2.53. The Balaban J connectivity index is 2.14. The van der Waals surface area contributed by atoms with Crippen molar-refractivity contribution in [3.63, 3.8) is 0 Å². The number of esters is 1. The van der Waals surface area contributed by atoms with E-state index in [0.717, 1.165) is 24.8 Å². The molecule has 2 aliphatic carbocycles. The second-order valence-electron chi connectivity index (χ2n) is 7.15. The normalized spacial score (nSPS) is 37.1. The summed E-state index contributed by atoms with van der Waals surface area (Å²) < 4.78 is 5.10. The highest BCUT2D eigenvalue weighted by atomic mass is 17.1. The molecule has 2 aliphatic rings. The maximum absolute atomic E-state index is 12.5. The van der Waals surface area contributed by atoms with Crippen molar-refractivity contribution in [1.29, 1.82) is 0 Å². The Bertz CT molecular complexity index is 584. The summed E-state index contributed by atoms with van der Waals surface area (Å²) in [4.78, 5) is 17.2. The van der Waals surface area contributed by atoms with Crippen LogP contribution in [-0.4, -0.2) is 18.3 Å². The molecular formula is C18H24O4. The molecule has 0 amide bonds. The number of ether oxygens (including phenoxy) is 1. The number of hydrogen-bond donors (Lipinski definition) is 1. The van der Waals surface area contributed by atoms with Gasteiger partial charge in [0.15, 0.2) is 0 Å². The minimum atomic E-state index is -0.536. The fourth-order valence-corrected chi connectivity index (χ4v) is 4.93. The molecule has 0 unspecified atom stereocenters. The van der Waals surface area contributed by atoms with Gasteiger partial charge >= 0.3 is 5.97 Å². The maximum Gasteiger partial charge on any atom is 0.311 e. The van der Waals surface area contributed by atoms with Gasteiger partial charge in [0.2, 0.25) is 0 Å². The van der Waals surface area contributed by atoms with Crippen molar-refractivity contribution in [2.45, 2.75) is 51.0 Å². The Hall–Kier alpha value is -1.39. The second kappa shape index (κ2) is 5.36. The molecule has 1 aromatic carbocycles. The summed E-state index contributed by atoms with van der Waals surface area (Å²) in [5.41, 5.74) is 1.61. The summed E-state index contributed by atoms with van der Waals surface area (Å²) in [5.74, 6) is -0.0623. The molecule has 120 valence electrons. The average molecular weight is 304 g/mol. The standard InChI is InChI=1S/C18H24O4/c1-17-9-6-10-18(2,16(19)21-3)15(17)11-14(22-20)12-7-4-5-8-13(12)17/h4-5,7-8,14-15,20H,6,9-11H2,1-3H3/t14-,15+,17+,18-/m0/s1. The molecule has 1 fully saturated rings. The Morgan fingerprint density at radius 3 is 2.68 bits per heavy atom. The molecule has 1 aromatic rings. The van der Waals surface area contributed by atoms with Crippen LogP contribution in [0.1, 0.15) is 56.8 Å². The molecule has 4 nitrogen and oxygen atoms in total. The van der Waals surface area contributed by atoms with Crippen LogP contribution in [0.15, 0.2) is 24.3 Å². The number of fused-ring (bicyclic) bond motifs is 3. The van der Waals surface area contributed by atoms with Crippen molar-refractivity contribution in [1.82, 2.24) is 0 Å². The van der Waals surface area contributed by atoms with E-state index in [-0.39, 0.29) is 23.4 Å². The van der Waals surface area contributed by atoms with E-state index in [0.29, 0.717) is 6.42 Å². The van der Waals surface area contributed by atoms with Gasteiger partial charge in [-0.1, -0.05) is 37.6 Å². The van der Waals surface area contributed by atoms with E-state index in [2.05, 4.69) is 13.0 Å². The molecule has 0 aromatic heterocycles. The van der Waals surface area contributed by atoms with Gasteiger partial charge in [-0.25, -0.2) is 4.89 Å². The summed E-state index contributed by atoms with van der Waals surface area (Å²) >= 11 is 0. The molecule has 0 aliphatic heterocycles. The third-order valence-corrected chi connectivity index (χ3v) is 6.08. The molecule has 0 saturated heterocycles.